The van der Waals surface area contributed by atoms with Crippen LogP contribution in [0.15, 0.2) is 53.7 Å². The number of amides is 1. The Labute approximate surface area is 208 Å². The van der Waals surface area contributed by atoms with Gasteiger partial charge in [0.05, 0.1) is 29.1 Å². The number of carbonyl (C=O) groups is 1. The standard InChI is InChI=1S/C26H21F6N3O2/c1-3-15-12-33-14(2)7-18(15)16-5-4-6-17(8-16)20-11-24(36)35-21-9-19(26(30,31)32)23(10-22(21)34-20)37-13-25(27,28)29/h4-10,12H,3,11,13H2,1-2H3,(H,35,36). The number of nitrogens with one attached hydrogen (secondary N) is 1. The Morgan fingerprint density at radius 3 is 2.43 bits per heavy atom. The second-order valence-electron chi connectivity index (χ2n) is 8.47. The van der Waals surface area contributed by atoms with E-state index in [0.29, 0.717) is 11.6 Å². The van der Waals surface area contributed by atoms with Gasteiger partial charge in [0.25, 0.3) is 0 Å². The summed E-state index contributed by atoms with van der Waals surface area (Å²) in [5, 5.41) is 2.37. The molecule has 1 aliphatic rings. The molecule has 1 amide bonds. The van der Waals surface area contributed by atoms with E-state index in [1.54, 1.807) is 24.4 Å². The van der Waals surface area contributed by atoms with Crippen molar-refractivity contribution in [2.45, 2.75) is 39.0 Å². The van der Waals surface area contributed by atoms with Crippen molar-refractivity contribution in [2.24, 2.45) is 4.99 Å². The summed E-state index contributed by atoms with van der Waals surface area (Å²) >= 11 is 0. The average molecular weight is 521 g/mol. The largest absolute Gasteiger partial charge is 0.483 e. The van der Waals surface area contributed by atoms with Gasteiger partial charge >= 0.3 is 12.4 Å². The van der Waals surface area contributed by atoms with E-state index in [4.69, 9.17) is 0 Å². The first-order valence-corrected chi connectivity index (χ1v) is 11.2. The Balaban J connectivity index is 1.81. The predicted octanol–water partition coefficient (Wildman–Crippen LogP) is 7.04. The normalized spacial score (nSPS) is 13.9. The van der Waals surface area contributed by atoms with Crippen LogP contribution in [0, 0.1) is 6.92 Å². The molecule has 0 aliphatic carbocycles. The smallest absolute Gasteiger partial charge is 0.422 e. The van der Waals surface area contributed by atoms with Gasteiger partial charge in [-0.15, -0.1) is 0 Å². The Kier molecular flexibility index (Phi) is 6.98. The number of benzene rings is 2. The Hall–Kier alpha value is -3.89. The summed E-state index contributed by atoms with van der Waals surface area (Å²) in [6.07, 6.45) is -7.61. The minimum absolute atomic E-state index is 0.148. The van der Waals surface area contributed by atoms with E-state index < -0.39 is 36.2 Å². The molecule has 0 radical (unpaired) electrons. The van der Waals surface area contributed by atoms with Crippen LogP contribution in [0.5, 0.6) is 5.75 Å². The van der Waals surface area contributed by atoms with Crippen LogP contribution in [0.4, 0.5) is 37.7 Å². The molecular formula is C26H21F6N3O2. The highest BCUT2D eigenvalue weighted by molar-refractivity contribution is 6.17. The number of rotatable bonds is 5. The van der Waals surface area contributed by atoms with Crippen LogP contribution in [-0.2, 0) is 17.4 Å². The number of aryl methyl sites for hydroxylation is 2. The van der Waals surface area contributed by atoms with Gasteiger partial charge in [0, 0.05) is 18.0 Å². The van der Waals surface area contributed by atoms with Crippen LogP contribution in [0.3, 0.4) is 0 Å². The van der Waals surface area contributed by atoms with Gasteiger partial charge in [0.2, 0.25) is 5.91 Å². The molecule has 1 aromatic heterocycles. The van der Waals surface area contributed by atoms with Crippen molar-refractivity contribution in [3.8, 4) is 16.9 Å². The van der Waals surface area contributed by atoms with Gasteiger partial charge in [0.15, 0.2) is 6.61 Å². The summed E-state index contributed by atoms with van der Waals surface area (Å²) < 4.78 is 83.2. The van der Waals surface area contributed by atoms with Crippen LogP contribution < -0.4 is 10.1 Å². The second-order valence-corrected chi connectivity index (χ2v) is 8.47. The van der Waals surface area contributed by atoms with E-state index in [0.717, 1.165) is 34.9 Å². The molecule has 0 unspecified atom stereocenters. The van der Waals surface area contributed by atoms with Crippen molar-refractivity contribution in [3.05, 3.63) is 71.0 Å². The van der Waals surface area contributed by atoms with Crippen molar-refractivity contribution in [1.29, 1.82) is 0 Å². The number of fused-ring (bicyclic) bond motifs is 1. The lowest BCUT2D eigenvalue weighted by Gasteiger charge is -2.17. The lowest BCUT2D eigenvalue weighted by atomic mass is 9.96. The topological polar surface area (TPSA) is 63.6 Å². The third-order valence-electron chi connectivity index (χ3n) is 5.66. The second kappa shape index (κ2) is 9.87. The maximum atomic E-state index is 13.6. The third kappa shape index (κ3) is 6.10. The van der Waals surface area contributed by atoms with Crippen LogP contribution in [0.25, 0.3) is 11.1 Å². The number of carbonyl (C=O) groups excluding carboxylic acids is 1. The molecule has 1 N–H and O–H groups in total. The molecule has 0 bridgehead atoms. The highest BCUT2D eigenvalue weighted by Crippen LogP contribution is 2.43. The molecule has 0 fully saturated rings. The molecule has 1 aliphatic heterocycles. The molecule has 4 rings (SSSR count). The molecule has 0 atom stereocenters. The lowest BCUT2D eigenvalue weighted by molar-refractivity contribution is -0.158. The monoisotopic (exact) mass is 521 g/mol. The van der Waals surface area contributed by atoms with E-state index in [-0.39, 0.29) is 23.5 Å². The summed E-state index contributed by atoms with van der Waals surface area (Å²) in [4.78, 5) is 21.3. The molecule has 0 saturated heterocycles. The number of anilines is 1. The number of hydrogen-bond acceptors (Lipinski definition) is 4. The van der Waals surface area contributed by atoms with Crippen molar-refractivity contribution < 1.29 is 35.9 Å². The van der Waals surface area contributed by atoms with Gasteiger partial charge in [0.1, 0.15) is 5.75 Å². The zero-order chi connectivity index (χ0) is 27.0. The summed E-state index contributed by atoms with van der Waals surface area (Å²) in [6.45, 7) is 1.94. The van der Waals surface area contributed by atoms with Crippen LogP contribution in [0.1, 0.15) is 35.7 Å². The average Bonchev–Trinajstić information content (AvgIpc) is 2.98. The summed E-state index contributed by atoms with van der Waals surface area (Å²) in [6, 6.07) is 10.4. The third-order valence-corrected chi connectivity index (χ3v) is 5.66. The van der Waals surface area contributed by atoms with Gasteiger partial charge in [-0.1, -0.05) is 25.1 Å². The van der Waals surface area contributed by atoms with Crippen molar-refractivity contribution in [3.63, 3.8) is 0 Å². The van der Waals surface area contributed by atoms with Gasteiger partial charge in [-0.25, -0.2) is 4.99 Å². The van der Waals surface area contributed by atoms with E-state index >= 15 is 0 Å². The minimum Gasteiger partial charge on any atom is -0.483 e. The number of halogens is 6. The lowest BCUT2D eigenvalue weighted by Crippen LogP contribution is -2.21. The maximum Gasteiger partial charge on any atom is 0.422 e. The first kappa shape index (κ1) is 26.2. The van der Waals surface area contributed by atoms with Crippen molar-refractivity contribution in [2.75, 3.05) is 11.9 Å². The molecule has 3 aromatic rings. The fourth-order valence-electron chi connectivity index (χ4n) is 3.97. The number of ether oxygens (including phenoxy) is 1. The SMILES string of the molecule is CCc1cnc(C)cc1-c1cccc(C2=Nc3cc(OCC(F)(F)F)c(C(F)(F)F)cc3NC(=O)C2)c1. The first-order chi connectivity index (χ1) is 17.3. The number of pyridine rings is 1. The molecule has 5 nitrogen and oxygen atoms in total. The summed E-state index contributed by atoms with van der Waals surface area (Å²) in [7, 11) is 0. The Morgan fingerprint density at radius 1 is 1.03 bits per heavy atom. The first-order valence-electron chi connectivity index (χ1n) is 11.2. The zero-order valence-electron chi connectivity index (χ0n) is 19.7. The van der Waals surface area contributed by atoms with E-state index in [1.807, 2.05) is 26.0 Å². The maximum absolute atomic E-state index is 13.6. The molecule has 11 heteroatoms. The van der Waals surface area contributed by atoms with Crippen molar-refractivity contribution >= 4 is 23.0 Å². The van der Waals surface area contributed by atoms with E-state index in [9.17, 15) is 31.1 Å². The number of aromatic nitrogens is 1. The Morgan fingerprint density at radius 2 is 1.76 bits per heavy atom. The highest BCUT2D eigenvalue weighted by Gasteiger charge is 2.38. The van der Waals surface area contributed by atoms with Crippen LogP contribution >= 0.6 is 0 Å². The molecule has 37 heavy (non-hydrogen) atoms. The molecule has 194 valence electrons. The zero-order valence-corrected chi connectivity index (χ0v) is 19.7. The highest BCUT2D eigenvalue weighted by atomic mass is 19.4. The molecule has 2 heterocycles. The molecule has 0 saturated carbocycles. The number of alkyl halides is 6. The number of nitrogens with zero attached hydrogens (tertiary/aromatic N) is 2. The molecule has 2 aromatic carbocycles. The number of aliphatic imine (C=N–C) groups is 1. The fourth-order valence-corrected chi connectivity index (χ4v) is 3.97. The predicted molar refractivity (Wildman–Crippen MR) is 126 cm³/mol. The minimum atomic E-state index is -5.02. The molecular weight excluding hydrogens is 500 g/mol. The molecule has 0 spiro atoms. The Bertz CT molecular complexity index is 1380. The van der Waals surface area contributed by atoms with Crippen molar-refractivity contribution in [1.82, 2.24) is 4.98 Å². The van der Waals surface area contributed by atoms with Gasteiger partial charge in [-0.2, -0.15) is 26.3 Å². The summed E-state index contributed by atoms with van der Waals surface area (Å²) in [5.74, 6) is -1.65. The van der Waals surface area contributed by atoms with Gasteiger partial charge in [-0.05, 0) is 53.8 Å². The van der Waals surface area contributed by atoms with E-state index in [2.05, 4.69) is 20.0 Å². The van der Waals surface area contributed by atoms with Gasteiger partial charge < -0.3 is 10.1 Å². The summed E-state index contributed by atoms with van der Waals surface area (Å²) in [5.41, 5.74) is 2.48. The fraction of sp³-hybridized carbons (Fsp3) is 0.269. The quantitative estimate of drug-likeness (QED) is 0.366. The number of hydrogen-bond donors (Lipinski definition) is 1. The van der Waals surface area contributed by atoms with Crippen LogP contribution in [-0.4, -0.2) is 29.4 Å². The van der Waals surface area contributed by atoms with Gasteiger partial charge in [-0.3, -0.25) is 9.78 Å². The van der Waals surface area contributed by atoms with Crippen LogP contribution in [0.2, 0.25) is 0 Å². The van der Waals surface area contributed by atoms with E-state index in [1.165, 1.54) is 0 Å².